The number of nitrogens with two attached hydrogens (primary N) is 3. The number of hydrogen-bond acceptors (Lipinski definition) is 7. The van der Waals surface area contributed by atoms with Gasteiger partial charge in [-0.25, -0.2) is 0 Å². The van der Waals surface area contributed by atoms with E-state index in [-0.39, 0.29) is 25.3 Å². The number of carboxylic acids is 1. The summed E-state index contributed by atoms with van der Waals surface area (Å²) in [5, 5.41) is 19.2. The van der Waals surface area contributed by atoms with Gasteiger partial charge in [0.05, 0.1) is 12.5 Å². The Labute approximate surface area is 185 Å². The van der Waals surface area contributed by atoms with Crippen LogP contribution in [0, 0.1) is 0 Å². The van der Waals surface area contributed by atoms with Gasteiger partial charge in [0.1, 0.15) is 18.1 Å². The number of nitrogens with one attached hydrogen (secondary N) is 4. The van der Waals surface area contributed by atoms with Gasteiger partial charge in [0.2, 0.25) is 23.6 Å². The van der Waals surface area contributed by atoms with Gasteiger partial charge in [-0.3, -0.25) is 29.0 Å². The molecular weight excluding hydrogens is 424 g/mol. The van der Waals surface area contributed by atoms with E-state index in [9.17, 15) is 24.0 Å². The second-order valence-corrected chi connectivity index (χ2v) is 7.46. The molecule has 0 spiro atoms. The van der Waals surface area contributed by atoms with Crippen LogP contribution in [-0.2, 0) is 24.0 Å². The van der Waals surface area contributed by atoms with Crippen molar-refractivity contribution < 1.29 is 29.1 Å². The Morgan fingerprint density at radius 2 is 1.72 bits per heavy atom. The lowest BCUT2D eigenvalue weighted by atomic mass is 10.1. The molecule has 1 saturated heterocycles. The van der Waals surface area contributed by atoms with E-state index in [2.05, 4.69) is 26.3 Å². The fraction of sp³-hybridized carbons (Fsp3) is 0.667. The predicted molar refractivity (Wildman–Crippen MR) is 114 cm³/mol. The summed E-state index contributed by atoms with van der Waals surface area (Å²) in [5.41, 5.74) is 15.7. The molecule has 11 N–H and O–H groups in total. The Bertz CT molecular complexity index is 733. The van der Waals surface area contributed by atoms with Crippen LogP contribution in [-0.4, -0.2) is 77.9 Å². The Morgan fingerprint density at radius 1 is 1.06 bits per heavy atom. The van der Waals surface area contributed by atoms with Gasteiger partial charge in [0, 0.05) is 6.54 Å². The van der Waals surface area contributed by atoms with Crippen LogP contribution < -0.4 is 38.5 Å². The molecule has 1 aliphatic rings. The maximum absolute atomic E-state index is 12.8. The molecule has 180 valence electrons. The minimum Gasteiger partial charge on any atom is -0.480 e. The van der Waals surface area contributed by atoms with Crippen LogP contribution in [0.15, 0.2) is 4.99 Å². The van der Waals surface area contributed by atoms with Gasteiger partial charge in [-0.2, -0.15) is 0 Å². The van der Waals surface area contributed by atoms with Crippen LogP contribution in [0.4, 0.5) is 0 Å². The second-order valence-electron chi connectivity index (χ2n) is 7.46. The van der Waals surface area contributed by atoms with Crippen molar-refractivity contribution in [1.82, 2.24) is 21.3 Å². The molecule has 0 aromatic heterocycles. The number of carboxylic acid groups (broad SMARTS) is 1. The van der Waals surface area contributed by atoms with Gasteiger partial charge in [-0.05, 0) is 39.2 Å². The summed E-state index contributed by atoms with van der Waals surface area (Å²) in [5.74, 6) is -4.24. The number of primary amides is 1. The maximum atomic E-state index is 12.8. The zero-order chi connectivity index (χ0) is 24.3. The van der Waals surface area contributed by atoms with E-state index in [1.807, 2.05) is 0 Å². The highest BCUT2D eigenvalue weighted by Crippen LogP contribution is 2.07. The van der Waals surface area contributed by atoms with E-state index in [1.54, 1.807) is 0 Å². The average molecular weight is 457 g/mol. The van der Waals surface area contributed by atoms with Crippen molar-refractivity contribution in [2.24, 2.45) is 22.2 Å². The van der Waals surface area contributed by atoms with Crippen LogP contribution in [0.5, 0.6) is 0 Å². The van der Waals surface area contributed by atoms with E-state index < -0.39 is 60.2 Å². The summed E-state index contributed by atoms with van der Waals surface area (Å²) in [4.78, 5) is 63.9. The van der Waals surface area contributed by atoms with Crippen molar-refractivity contribution in [3.05, 3.63) is 0 Å². The maximum Gasteiger partial charge on any atom is 0.325 e. The van der Waals surface area contributed by atoms with Gasteiger partial charge < -0.3 is 43.6 Å². The summed E-state index contributed by atoms with van der Waals surface area (Å²) in [6.45, 7) is 2.10. The highest BCUT2D eigenvalue weighted by atomic mass is 16.4. The molecule has 4 atom stereocenters. The largest absolute Gasteiger partial charge is 0.480 e. The molecule has 0 aromatic rings. The van der Waals surface area contributed by atoms with E-state index in [4.69, 9.17) is 22.3 Å². The van der Waals surface area contributed by atoms with Crippen LogP contribution in [0.2, 0.25) is 0 Å². The SMILES string of the molecule is CC(NC(=O)C(CCCN=C(N)N)NC(=O)C(CC(N)=O)NC(=O)C1CCCN1)C(=O)O. The van der Waals surface area contributed by atoms with Crippen molar-refractivity contribution >= 4 is 35.6 Å². The van der Waals surface area contributed by atoms with Crippen LogP contribution in [0.25, 0.3) is 0 Å². The van der Waals surface area contributed by atoms with Crippen LogP contribution >= 0.6 is 0 Å². The summed E-state index contributed by atoms with van der Waals surface area (Å²) in [6, 6.07) is -4.15. The molecule has 32 heavy (non-hydrogen) atoms. The first kappa shape index (κ1) is 26.6. The fourth-order valence-corrected chi connectivity index (χ4v) is 3.01. The lowest BCUT2D eigenvalue weighted by Gasteiger charge is -2.24. The molecule has 14 heteroatoms. The molecule has 0 radical (unpaired) electrons. The molecule has 0 saturated carbocycles. The van der Waals surface area contributed by atoms with Crippen molar-refractivity contribution in [3.63, 3.8) is 0 Å². The first-order chi connectivity index (χ1) is 15.0. The minimum atomic E-state index is -1.30. The molecule has 1 fully saturated rings. The van der Waals surface area contributed by atoms with Crippen LogP contribution in [0.1, 0.15) is 39.0 Å². The van der Waals surface area contributed by atoms with Gasteiger partial charge in [0.25, 0.3) is 0 Å². The first-order valence-electron chi connectivity index (χ1n) is 10.2. The second kappa shape index (κ2) is 13.1. The topological polar surface area (TPSA) is 244 Å². The highest BCUT2D eigenvalue weighted by Gasteiger charge is 2.31. The predicted octanol–water partition coefficient (Wildman–Crippen LogP) is -3.77. The Morgan fingerprint density at radius 3 is 2.25 bits per heavy atom. The molecule has 0 bridgehead atoms. The number of guanidine groups is 1. The van der Waals surface area contributed by atoms with E-state index in [0.29, 0.717) is 13.0 Å². The Hall–Kier alpha value is -3.42. The summed E-state index contributed by atoms with van der Waals surface area (Å²) in [7, 11) is 0. The molecule has 4 amide bonds. The third-order valence-electron chi connectivity index (χ3n) is 4.72. The molecular formula is C18H32N8O6. The van der Waals surface area contributed by atoms with Crippen LogP contribution in [0.3, 0.4) is 0 Å². The lowest BCUT2D eigenvalue weighted by molar-refractivity contribution is -0.142. The zero-order valence-corrected chi connectivity index (χ0v) is 17.9. The van der Waals surface area contributed by atoms with Crippen molar-refractivity contribution in [3.8, 4) is 0 Å². The number of aliphatic carboxylic acids is 1. The molecule has 14 nitrogen and oxygen atoms in total. The minimum absolute atomic E-state index is 0.0715. The van der Waals surface area contributed by atoms with Crippen molar-refractivity contribution in [2.45, 2.75) is 63.2 Å². The number of rotatable bonds is 13. The monoisotopic (exact) mass is 456 g/mol. The van der Waals surface area contributed by atoms with E-state index in [0.717, 1.165) is 6.42 Å². The first-order valence-corrected chi connectivity index (χ1v) is 10.2. The number of carbonyl (C=O) groups is 5. The van der Waals surface area contributed by atoms with Crippen molar-refractivity contribution in [1.29, 1.82) is 0 Å². The Kier molecular flexibility index (Phi) is 10.9. The smallest absolute Gasteiger partial charge is 0.325 e. The summed E-state index contributed by atoms with van der Waals surface area (Å²) in [6.07, 6.45) is 1.26. The molecule has 1 rings (SSSR count). The van der Waals surface area contributed by atoms with Gasteiger partial charge in [0.15, 0.2) is 5.96 Å². The molecule has 1 heterocycles. The molecule has 1 aliphatic heterocycles. The van der Waals surface area contributed by atoms with E-state index >= 15 is 0 Å². The zero-order valence-electron chi connectivity index (χ0n) is 17.9. The summed E-state index contributed by atoms with van der Waals surface area (Å²) < 4.78 is 0. The lowest BCUT2D eigenvalue weighted by Crippen LogP contribution is -2.57. The fourth-order valence-electron chi connectivity index (χ4n) is 3.01. The quantitative estimate of drug-likeness (QED) is 0.0768. The van der Waals surface area contributed by atoms with Gasteiger partial charge in [-0.15, -0.1) is 0 Å². The normalized spacial score (nSPS) is 18.0. The Balaban J connectivity index is 2.88. The summed E-state index contributed by atoms with van der Waals surface area (Å²) >= 11 is 0. The van der Waals surface area contributed by atoms with Gasteiger partial charge >= 0.3 is 5.97 Å². The number of amides is 4. The molecule has 0 aromatic carbocycles. The number of carbonyl (C=O) groups excluding carboxylic acids is 4. The molecule has 0 aliphatic carbocycles. The van der Waals surface area contributed by atoms with Crippen molar-refractivity contribution in [2.75, 3.05) is 13.1 Å². The molecule has 4 unspecified atom stereocenters. The standard InChI is InChI=1S/C18H32N8O6/c1-9(17(31)32)24-15(29)11(5-3-7-23-18(20)21)25-16(30)12(8-13(19)27)26-14(28)10-4-2-6-22-10/h9-12,22H,2-8H2,1H3,(H2,19,27)(H,24,29)(H,25,30)(H,26,28)(H,31,32)(H4,20,21,23). The van der Waals surface area contributed by atoms with E-state index in [1.165, 1.54) is 6.92 Å². The number of nitrogens with zero attached hydrogens (tertiary/aromatic N) is 1. The van der Waals surface area contributed by atoms with Gasteiger partial charge in [-0.1, -0.05) is 0 Å². The number of hydrogen-bond donors (Lipinski definition) is 8. The third-order valence-corrected chi connectivity index (χ3v) is 4.72. The highest BCUT2D eigenvalue weighted by molar-refractivity contribution is 5.96. The third kappa shape index (κ3) is 9.59. The number of aliphatic imine (C=N–C) groups is 1. The average Bonchev–Trinajstić information content (AvgIpc) is 3.23.